The van der Waals surface area contributed by atoms with Crippen molar-refractivity contribution in [2.45, 2.75) is 12.3 Å². The fourth-order valence-corrected chi connectivity index (χ4v) is 4.86. The van der Waals surface area contributed by atoms with Crippen molar-refractivity contribution < 1.29 is 14.0 Å². The lowest BCUT2D eigenvalue weighted by atomic mass is 10.1. The summed E-state index contributed by atoms with van der Waals surface area (Å²) in [5, 5.41) is 3.18. The average molecular weight is 475 g/mol. The van der Waals surface area contributed by atoms with Gasteiger partial charge in [0.25, 0.3) is 5.91 Å². The van der Waals surface area contributed by atoms with E-state index >= 15 is 0 Å². The van der Waals surface area contributed by atoms with Crippen LogP contribution in [0.4, 0.5) is 15.8 Å². The summed E-state index contributed by atoms with van der Waals surface area (Å²) in [6.07, 6.45) is 0. The normalized spacial score (nSPS) is 15.9. The lowest BCUT2D eigenvalue weighted by Crippen LogP contribution is -2.28. The van der Waals surface area contributed by atoms with E-state index in [1.165, 1.54) is 23.9 Å². The van der Waals surface area contributed by atoms with E-state index in [9.17, 15) is 14.0 Å². The molecule has 3 aromatic rings. The van der Waals surface area contributed by atoms with Gasteiger partial charge in [-0.1, -0.05) is 41.4 Å². The third-order valence-corrected chi connectivity index (χ3v) is 6.93. The Hall–Kier alpha value is -2.54. The summed E-state index contributed by atoms with van der Waals surface area (Å²) in [7, 11) is 0. The molecule has 1 atom stereocenters. The molecule has 1 saturated heterocycles. The van der Waals surface area contributed by atoms with E-state index in [0.29, 0.717) is 38.3 Å². The summed E-state index contributed by atoms with van der Waals surface area (Å²) in [6.45, 7) is 1.66. The Morgan fingerprint density at radius 1 is 1.10 bits per heavy atom. The van der Waals surface area contributed by atoms with Gasteiger partial charge in [-0.15, -0.1) is 11.8 Å². The number of carbonyl (C=O) groups is 2. The first kappa shape index (κ1) is 21.7. The van der Waals surface area contributed by atoms with Crippen LogP contribution in [0.1, 0.15) is 26.9 Å². The van der Waals surface area contributed by atoms with Gasteiger partial charge in [-0.3, -0.25) is 14.5 Å². The van der Waals surface area contributed by atoms with Crippen molar-refractivity contribution in [1.29, 1.82) is 0 Å². The molecule has 0 radical (unpaired) electrons. The van der Waals surface area contributed by atoms with Crippen LogP contribution in [-0.4, -0.2) is 17.6 Å². The fourth-order valence-electron chi connectivity index (χ4n) is 3.40. The van der Waals surface area contributed by atoms with Gasteiger partial charge in [0.05, 0.1) is 21.5 Å². The number of halogens is 3. The Morgan fingerprint density at radius 2 is 1.87 bits per heavy atom. The van der Waals surface area contributed by atoms with Crippen molar-refractivity contribution in [3.63, 3.8) is 0 Å². The van der Waals surface area contributed by atoms with Crippen molar-refractivity contribution in [2.24, 2.45) is 0 Å². The monoisotopic (exact) mass is 474 g/mol. The Balaban J connectivity index is 1.61. The summed E-state index contributed by atoms with van der Waals surface area (Å²) in [5.74, 6) is -0.484. The molecule has 1 N–H and O–H groups in total. The molecule has 31 heavy (non-hydrogen) atoms. The van der Waals surface area contributed by atoms with E-state index in [4.69, 9.17) is 23.2 Å². The van der Waals surface area contributed by atoms with E-state index in [0.717, 1.165) is 5.56 Å². The second kappa shape index (κ2) is 8.91. The number of thioether (sulfide) groups is 1. The Labute approximate surface area is 193 Å². The highest BCUT2D eigenvalue weighted by atomic mass is 35.5. The maximum Gasteiger partial charge on any atom is 0.255 e. The number of hydrogen-bond acceptors (Lipinski definition) is 3. The molecule has 4 rings (SSSR count). The van der Waals surface area contributed by atoms with Crippen LogP contribution < -0.4 is 10.2 Å². The molecule has 1 heterocycles. The Bertz CT molecular complexity index is 1190. The van der Waals surface area contributed by atoms with Gasteiger partial charge < -0.3 is 5.32 Å². The molecule has 0 aromatic heterocycles. The highest BCUT2D eigenvalue weighted by Gasteiger charge is 2.35. The summed E-state index contributed by atoms with van der Waals surface area (Å²) in [6, 6.07) is 16.6. The molecule has 1 fully saturated rings. The standard InChI is InChI=1S/C23H17Cl2FN2O2S/c1-13-19(26)6-3-7-20(13)28-21(29)12-31-23(28)15-4-2-5-16(10-15)27-22(30)14-8-9-17(24)18(25)11-14/h2-11,23H,12H2,1H3,(H,27,30). The highest BCUT2D eigenvalue weighted by Crippen LogP contribution is 2.43. The SMILES string of the molecule is Cc1c(F)cccc1N1C(=O)CSC1c1cccc(NC(=O)c2ccc(Cl)c(Cl)c2)c1. The quantitative estimate of drug-likeness (QED) is 0.471. The molecule has 0 spiro atoms. The number of rotatable bonds is 4. The molecule has 0 bridgehead atoms. The van der Waals surface area contributed by atoms with E-state index in [1.54, 1.807) is 48.2 Å². The van der Waals surface area contributed by atoms with Gasteiger partial charge in [-0.25, -0.2) is 4.39 Å². The number of anilines is 2. The fraction of sp³-hybridized carbons (Fsp3) is 0.130. The topological polar surface area (TPSA) is 49.4 Å². The lowest BCUT2D eigenvalue weighted by molar-refractivity contribution is -0.115. The number of hydrogen-bond donors (Lipinski definition) is 1. The van der Waals surface area contributed by atoms with E-state index in [-0.39, 0.29) is 23.0 Å². The van der Waals surface area contributed by atoms with Crippen LogP contribution in [0.5, 0.6) is 0 Å². The van der Waals surface area contributed by atoms with E-state index in [2.05, 4.69) is 5.32 Å². The van der Waals surface area contributed by atoms with Gasteiger partial charge in [0, 0.05) is 16.8 Å². The molecular weight excluding hydrogens is 458 g/mol. The smallest absolute Gasteiger partial charge is 0.255 e. The maximum absolute atomic E-state index is 14.1. The van der Waals surface area contributed by atoms with Crippen molar-refractivity contribution in [3.8, 4) is 0 Å². The molecule has 8 heteroatoms. The second-order valence-electron chi connectivity index (χ2n) is 7.02. The second-order valence-corrected chi connectivity index (χ2v) is 8.90. The Kier molecular flexibility index (Phi) is 6.23. The minimum absolute atomic E-state index is 0.0889. The maximum atomic E-state index is 14.1. The van der Waals surface area contributed by atoms with Crippen LogP contribution in [0, 0.1) is 12.7 Å². The van der Waals surface area contributed by atoms with Gasteiger partial charge in [-0.05, 0) is 55.0 Å². The molecule has 4 nitrogen and oxygen atoms in total. The predicted octanol–water partition coefficient (Wildman–Crippen LogP) is 6.47. The first-order valence-electron chi connectivity index (χ1n) is 9.40. The summed E-state index contributed by atoms with van der Waals surface area (Å²) in [4.78, 5) is 26.8. The van der Waals surface area contributed by atoms with Gasteiger partial charge >= 0.3 is 0 Å². The minimum atomic E-state index is -0.358. The largest absolute Gasteiger partial charge is 0.322 e. The summed E-state index contributed by atoms with van der Waals surface area (Å²) >= 11 is 13.4. The molecule has 158 valence electrons. The lowest BCUT2D eigenvalue weighted by Gasteiger charge is -2.26. The average Bonchev–Trinajstić information content (AvgIpc) is 3.13. The van der Waals surface area contributed by atoms with Crippen LogP contribution in [-0.2, 0) is 4.79 Å². The summed E-state index contributed by atoms with van der Waals surface area (Å²) < 4.78 is 14.1. The van der Waals surface area contributed by atoms with Crippen molar-refractivity contribution >= 4 is 58.2 Å². The Morgan fingerprint density at radius 3 is 2.65 bits per heavy atom. The molecule has 1 aliphatic heterocycles. The number of benzene rings is 3. The van der Waals surface area contributed by atoms with E-state index in [1.807, 2.05) is 12.1 Å². The van der Waals surface area contributed by atoms with Crippen molar-refractivity contribution in [3.05, 3.63) is 93.2 Å². The van der Waals surface area contributed by atoms with Gasteiger partial charge in [0.15, 0.2) is 0 Å². The zero-order valence-electron chi connectivity index (χ0n) is 16.4. The molecular formula is C23H17Cl2FN2O2S. The zero-order valence-corrected chi connectivity index (χ0v) is 18.7. The summed E-state index contributed by atoms with van der Waals surface area (Å²) in [5.41, 5.74) is 2.75. The minimum Gasteiger partial charge on any atom is -0.322 e. The van der Waals surface area contributed by atoms with Crippen LogP contribution in [0.25, 0.3) is 0 Å². The molecule has 3 aromatic carbocycles. The van der Waals surface area contributed by atoms with Crippen molar-refractivity contribution in [2.75, 3.05) is 16.0 Å². The third kappa shape index (κ3) is 4.42. The number of nitrogens with zero attached hydrogens (tertiary/aromatic N) is 1. The molecule has 1 unspecified atom stereocenters. The van der Waals surface area contributed by atoms with Crippen molar-refractivity contribution in [1.82, 2.24) is 0 Å². The zero-order chi connectivity index (χ0) is 22.1. The highest BCUT2D eigenvalue weighted by molar-refractivity contribution is 8.00. The van der Waals surface area contributed by atoms with Gasteiger partial charge in [-0.2, -0.15) is 0 Å². The molecule has 0 aliphatic carbocycles. The van der Waals surface area contributed by atoms with Gasteiger partial charge in [0.2, 0.25) is 5.91 Å². The predicted molar refractivity (Wildman–Crippen MR) is 125 cm³/mol. The number of carbonyl (C=O) groups excluding carboxylic acids is 2. The van der Waals surface area contributed by atoms with E-state index < -0.39 is 0 Å². The van der Waals surface area contributed by atoms with Crippen LogP contribution in [0.3, 0.4) is 0 Å². The molecule has 0 saturated carbocycles. The van der Waals surface area contributed by atoms with Gasteiger partial charge in [0.1, 0.15) is 11.2 Å². The number of nitrogens with one attached hydrogen (secondary N) is 1. The van der Waals surface area contributed by atoms with Crippen LogP contribution >= 0.6 is 35.0 Å². The van der Waals surface area contributed by atoms with Crippen LogP contribution in [0.15, 0.2) is 60.7 Å². The third-order valence-electron chi connectivity index (χ3n) is 4.98. The molecule has 1 aliphatic rings. The first-order chi connectivity index (χ1) is 14.8. The van der Waals surface area contributed by atoms with Crippen LogP contribution in [0.2, 0.25) is 10.0 Å². The first-order valence-corrected chi connectivity index (χ1v) is 11.2. The molecule has 2 amide bonds. The number of amides is 2.